The average molecular weight is 466 g/mol. The Morgan fingerprint density at radius 2 is 1.70 bits per heavy atom. The Morgan fingerprint density at radius 3 is 2.39 bits per heavy atom. The fourth-order valence-corrected chi connectivity index (χ4v) is 4.45. The van der Waals surface area contributed by atoms with Gasteiger partial charge in [0, 0.05) is 23.4 Å². The van der Waals surface area contributed by atoms with E-state index < -0.39 is 0 Å². The molecule has 1 heterocycles. The minimum Gasteiger partial charge on any atom is -0.497 e. The maximum atomic E-state index is 12.4. The molecule has 0 bridgehead atoms. The highest BCUT2D eigenvalue weighted by atomic mass is 32.2. The van der Waals surface area contributed by atoms with Crippen LogP contribution in [0.2, 0.25) is 0 Å². The van der Waals surface area contributed by atoms with Crippen molar-refractivity contribution in [2.45, 2.75) is 37.3 Å². The Kier molecular flexibility index (Phi) is 7.62. The molecule has 3 N–H and O–H groups in total. The van der Waals surface area contributed by atoms with E-state index in [1.807, 2.05) is 0 Å². The topological polar surface area (TPSA) is 109 Å². The maximum Gasteiger partial charge on any atom is 0.255 e. The number of nitrogens with one attached hydrogen (secondary N) is 3. The van der Waals surface area contributed by atoms with E-state index in [9.17, 15) is 9.59 Å². The summed E-state index contributed by atoms with van der Waals surface area (Å²) in [5.41, 5.74) is 1.79. The second-order valence-corrected chi connectivity index (χ2v) is 8.96. The third-order valence-corrected chi connectivity index (χ3v) is 6.43. The molecule has 8 nitrogen and oxygen atoms in total. The zero-order chi connectivity index (χ0) is 23.0. The van der Waals surface area contributed by atoms with E-state index in [1.54, 1.807) is 55.6 Å². The van der Waals surface area contributed by atoms with Gasteiger partial charge in [0.05, 0.1) is 12.9 Å². The molecule has 172 valence electrons. The SMILES string of the molecule is COc1ccc(NC(=O)c2ccc(NC(=O)CSc3n[nH]c(CC4CCCC4)n3)cc2)cc1. The van der Waals surface area contributed by atoms with Gasteiger partial charge in [0.1, 0.15) is 11.6 Å². The van der Waals surface area contributed by atoms with E-state index in [1.165, 1.54) is 37.4 Å². The Balaban J connectivity index is 1.23. The fourth-order valence-electron chi connectivity index (χ4n) is 3.83. The molecule has 0 unspecified atom stereocenters. The van der Waals surface area contributed by atoms with Crippen molar-refractivity contribution >= 4 is 35.0 Å². The molecule has 9 heteroatoms. The van der Waals surface area contributed by atoms with Crippen LogP contribution < -0.4 is 15.4 Å². The van der Waals surface area contributed by atoms with Crippen molar-refractivity contribution in [3.8, 4) is 5.75 Å². The van der Waals surface area contributed by atoms with Gasteiger partial charge in [0.2, 0.25) is 11.1 Å². The van der Waals surface area contributed by atoms with Crippen LogP contribution in [0.15, 0.2) is 53.7 Å². The highest BCUT2D eigenvalue weighted by Gasteiger charge is 2.17. The summed E-state index contributed by atoms with van der Waals surface area (Å²) < 4.78 is 5.11. The number of nitrogens with zero attached hydrogens (tertiary/aromatic N) is 2. The number of aromatic nitrogens is 3. The molecule has 1 aliphatic rings. The minimum absolute atomic E-state index is 0.155. The molecule has 1 aromatic heterocycles. The largest absolute Gasteiger partial charge is 0.497 e. The first-order valence-electron chi connectivity index (χ1n) is 11.0. The second-order valence-electron chi connectivity index (χ2n) is 8.02. The number of aromatic amines is 1. The summed E-state index contributed by atoms with van der Waals surface area (Å²) in [5.74, 6) is 2.14. The van der Waals surface area contributed by atoms with Gasteiger partial charge in [-0.1, -0.05) is 37.4 Å². The second kappa shape index (κ2) is 11.0. The average Bonchev–Trinajstić information content (AvgIpc) is 3.51. The Morgan fingerprint density at radius 1 is 1.03 bits per heavy atom. The van der Waals surface area contributed by atoms with Gasteiger partial charge in [-0.15, -0.1) is 5.10 Å². The van der Waals surface area contributed by atoms with Crippen molar-refractivity contribution in [1.82, 2.24) is 15.2 Å². The molecule has 0 spiro atoms. The van der Waals surface area contributed by atoms with E-state index in [2.05, 4.69) is 25.8 Å². The highest BCUT2D eigenvalue weighted by molar-refractivity contribution is 7.99. The Bertz CT molecular complexity index is 1080. The molecular weight excluding hydrogens is 438 g/mol. The number of benzene rings is 2. The monoisotopic (exact) mass is 465 g/mol. The zero-order valence-corrected chi connectivity index (χ0v) is 19.3. The summed E-state index contributed by atoms with van der Waals surface area (Å²) in [4.78, 5) is 29.2. The quantitative estimate of drug-likeness (QED) is 0.401. The molecule has 0 saturated heterocycles. The van der Waals surface area contributed by atoms with Crippen molar-refractivity contribution in [2.24, 2.45) is 5.92 Å². The molecule has 1 fully saturated rings. The fraction of sp³-hybridized carbons (Fsp3) is 0.333. The van der Waals surface area contributed by atoms with Crippen LogP contribution in [0.1, 0.15) is 41.9 Å². The minimum atomic E-state index is -0.230. The van der Waals surface area contributed by atoms with Gasteiger partial charge in [-0.05, 0) is 54.4 Å². The van der Waals surface area contributed by atoms with Crippen LogP contribution in [0.25, 0.3) is 0 Å². The maximum absolute atomic E-state index is 12.4. The molecule has 2 amide bonds. The first-order chi connectivity index (χ1) is 16.1. The van der Waals surface area contributed by atoms with Crippen molar-refractivity contribution in [1.29, 1.82) is 0 Å². The predicted molar refractivity (Wildman–Crippen MR) is 129 cm³/mol. The smallest absolute Gasteiger partial charge is 0.255 e. The number of hydrogen-bond acceptors (Lipinski definition) is 6. The summed E-state index contributed by atoms with van der Waals surface area (Å²) in [5, 5.41) is 13.4. The van der Waals surface area contributed by atoms with Crippen molar-refractivity contribution in [2.75, 3.05) is 23.5 Å². The van der Waals surface area contributed by atoms with Gasteiger partial charge in [-0.3, -0.25) is 14.7 Å². The third kappa shape index (κ3) is 6.58. The van der Waals surface area contributed by atoms with Crippen molar-refractivity contribution < 1.29 is 14.3 Å². The van der Waals surface area contributed by atoms with Gasteiger partial charge in [-0.25, -0.2) is 4.98 Å². The van der Waals surface area contributed by atoms with E-state index in [0.29, 0.717) is 28.0 Å². The Hall–Kier alpha value is -3.33. The lowest BCUT2D eigenvalue weighted by Gasteiger charge is -2.08. The third-order valence-electron chi connectivity index (χ3n) is 5.58. The summed E-state index contributed by atoms with van der Waals surface area (Å²) in [6.07, 6.45) is 6.04. The van der Waals surface area contributed by atoms with E-state index in [4.69, 9.17) is 4.74 Å². The van der Waals surface area contributed by atoms with Gasteiger partial charge in [0.25, 0.3) is 5.91 Å². The van der Waals surface area contributed by atoms with Gasteiger partial charge in [0.15, 0.2) is 0 Å². The molecule has 33 heavy (non-hydrogen) atoms. The molecule has 0 aliphatic heterocycles. The summed E-state index contributed by atoms with van der Waals surface area (Å²) >= 11 is 1.30. The van der Waals surface area contributed by atoms with Gasteiger partial charge >= 0.3 is 0 Å². The van der Waals surface area contributed by atoms with Gasteiger partial charge < -0.3 is 15.4 Å². The van der Waals surface area contributed by atoms with Crippen molar-refractivity contribution in [3.63, 3.8) is 0 Å². The molecule has 0 radical (unpaired) electrons. The van der Waals surface area contributed by atoms with E-state index >= 15 is 0 Å². The number of carbonyl (C=O) groups excluding carboxylic acids is 2. The molecular formula is C24H27N5O3S. The number of hydrogen-bond donors (Lipinski definition) is 3. The van der Waals surface area contributed by atoms with Crippen LogP contribution >= 0.6 is 11.8 Å². The van der Waals surface area contributed by atoms with E-state index in [-0.39, 0.29) is 17.6 Å². The predicted octanol–water partition coefficient (Wildman–Crippen LogP) is 4.53. The normalized spacial score (nSPS) is 13.6. The first kappa shape index (κ1) is 22.8. The number of thioether (sulfide) groups is 1. The summed E-state index contributed by atoms with van der Waals surface area (Å²) in [6.45, 7) is 0. The zero-order valence-electron chi connectivity index (χ0n) is 18.5. The van der Waals surface area contributed by atoms with Gasteiger partial charge in [-0.2, -0.15) is 0 Å². The number of H-pyrrole nitrogens is 1. The molecule has 0 atom stereocenters. The Labute approximate surface area is 196 Å². The van der Waals surface area contributed by atoms with Crippen LogP contribution in [0.4, 0.5) is 11.4 Å². The molecule has 2 aromatic carbocycles. The number of methoxy groups -OCH3 is 1. The number of rotatable bonds is 9. The van der Waals surface area contributed by atoms with E-state index in [0.717, 1.165) is 18.0 Å². The number of carbonyl (C=O) groups is 2. The molecule has 1 aliphatic carbocycles. The van der Waals surface area contributed by atoms with Crippen molar-refractivity contribution in [3.05, 3.63) is 59.9 Å². The summed E-state index contributed by atoms with van der Waals surface area (Å²) in [7, 11) is 1.59. The van der Waals surface area contributed by atoms with Crippen LogP contribution in [0.3, 0.4) is 0 Å². The molecule has 1 saturated carbocycles. The first-order valence-corrected chi connectivity index (χ1v) is 12.0. The summed E-state index contributed by atoms with van der Waals surface area (Å²) in [6, 6.07) is 13.9. The number of amides is 2. The number of anilines is 2. The number of ether oxygens (including phenoxy) is 1. The van der Waals surface area contributed by atoms with Crippen LogP contribution in [0, 0.1) is 5.92 Å². The van der Waals surface area contributed by atoms with Crippen LogP contribution in [-0.2, 0) is 11.2 Å². The standard InChI is InChI=1S/C24H27N5O3S/c1-32-20-12-10-19(11-13-20)26-23(31)17-6-8-18(9-7-17)25-22(30)15-33-24-27-21(28-29-24)14-16-4-2-3-5-16/h6-13,16H,2-5,14-15H2,1H3,(H,25,30)(H,26,31)(H,27,28,29). The lowest BCUT2D eigenvalue weighted by molar-refractivity contribution is -0.113. The lowest BCUT2D eigenvalue weighted by atomic mass is 10.0. The highest BCUT2D eigenvalue weighted by Crippen LogP contribution is 2.27. The van der Waals surface area contributed by atoms with Crippen LogP contribution in [0.5, 0.6) is 5.75 Å². The van der Waals surface area contributed by atoms with Crippen LogP contribution in [-0.4, -0.2) is 39.9 Å². The molecule has 3 aromatic rings. The lowest BCUT2D eigenvalue weighted by Crippen LogP contribution is -2.15. The molecule has 4 rings (SSSR count).